The number of imidazole rings is 1. The van der Waals surface area contributed by atoms with Crippen LogP contribution < -0.4 is 4.74 Å². The summed E-state index contributed by atoms with van der Waals surface area (Å²) in [7, 11) is 0. The van der Waals surface area contributed by atoms with Gasteiger partial charge < -0.3 is 19.5 Å². The summed E-state index contributed by atoms with van der Waals surface area (Å²) < 4.78 is 8.04. The van der Waals surface area contributed by atoms with Crippen LogP contribution in [-0.2, 0) is 24.0 Å². The molecule has 0 unspecified atom stereocenters. The number of aromatic nitrogens is 2. The summed E-state index contributed by atoms with van der Waals surface area (Å²) in [6.45, 7) is 13.7. The number of hydrogen-bond acceptors (Lipinski definition) is 4. The Morgan fingerprint density at radius 2 is 1.69 bits per heavy atom. The van der Waals surface area contributed by atoms with Gasteiger partial charge in [0.05, 0.1) is 17.6 Å². The van der Waals surface area contributed by atoms with Crippen LogP contribution in [0.5, 0.6) is 5.75 Å². The first-order valence-corrected chi connectivity index (χ1v) is 11.6. The summed E-state index contributed by atoms with van der Waals surface area (Å²) in [5.41, 5.74) is 4.25. The molecule has 5 heteroatoms. The third kappa shape index (κ3) is 5.00. The van der Waals surface area contributed by atoms with Gasteiger partial charge in [0.1, 0.15) is 30.9 Å². The number of para-hydroxylation sites is 2. The molecule has 2 aromatic carbocycles. The van der Waals surface area contributed by atoms with E-state index in [0.29, 0.717) is 12.4 Å². The fraction of sp³-hybridized carbons (Fsp3) is 0.519. The minimum absolute atomic E-state index is 0.0370. The Kier molecular flexibility index (Phi) is 7.31. The molecule has 0 aliphatic carbocycles. The van der Waals surface area contributed by atoms with E-state index in [9.17, 15) is 10.2 Å². The molecule has 1 atom stereocenters. The van der Waals surface area contributed by atoms with E-state index in [1.165, 1.54) is 11.1 Å². The molecular formula is C27H38N2O3. The van der Waals surface area contributed by atoms with E-state index in [-0.39, 0.29) is 24.0 Å². The summed E-state index contributed by atoms with van der Waals surface area (Å²) in [6, 6.07) is 14.2. The molecule has 0 amide bonds. The van der Waals surface area contributed by atoms with E-state index in [2.05, 4.69) is 64.7 Å². The Morgan fingerprint density at radius 3 is 2.34 bits per heavy atom. The van der Waals surface area contributed by atoms with E-state index in [1.54, 1.807) is 0 Å². The molecule has 1 aromatic heterocycles. The third-order valence-corrected chi connectivity index (χ3v) is 6.96. The van der Waals surface area contributed by atoms with Crippen molar-refractivity contribution in [3.63, 3.8) is 0 Å². The Hall–Kier alpha value is -2.37. The molecule has 0 aliphatic heterocycles. The number of fused-ring (bicyclic) bond motifs is 1. The van der Waals surface area contributed by atoms with Crippen LogP contribution in [-0.4, -0.2) is 32.5 Å². The molecule has 1 heterocycles. The minimum atomic E-state index is -0.734. The number of hydrogen-bond donors (Lipinski definition) is 2. The van der Waals surface area contributed by atoms with E-state index >= 15 is 0 Å². The van der Waals surface area contributed by atoms with Gasteiger partial charge >= 0.3 is 0 Å². The zero-order valence-electron chi connectivity index (χ0n) is 20.4. The molecule has 0 radical (unpaired) electrons. The van der Waals surface area contributed by atoms with Crippen LogP contribution in [0.25, 0.3) is 11.0 Å². The highest BCUT2D eigenvalue weighted by Gasteiger charge is 2.27. The van der Waals surface area contributed by atoms with Gasteiger partial charge in [-0.25, -0.2) is 4.98 Å². The molecule has 0 saturated carbocycles. The topological polar surface area (TPSA) is 67.5 Å². The molecule has 3 aromatic rings. The smallest absolute Gasteiger partial charge is 0.135 e. The number of ether oxygens (including phenoxy) is 1. The lowest BCUT2D eigenvalue weighted by atomic mass is 9.76. The lowest BCUT2D eigenvalue weighted by molar-refractivity contribution is 0.0904. The van der Waals surface area contributed by atoms with Crippen molar-refractivity contribution in [1.82, 2.24) is 9.55 Å². The number of rotatable bonds is 10. The molecule has 174 valence electrons. The summed E-state index contributed by atoms with van der Waals surface area (Å²) in [5, 5.41) is 20.5. The van der Waals surface area contributed by atoms with E-state index in [4.69, 9.17) is 4.74 Å². The fourth-order valence-corrected chi connectivity index (χ4v) is 3.90. The molecule has 0 spiro atoms. The maximum Gasteiger partial charge on any atom is 0.135 e. The predicted molar refractivity (Wildman–Crippen MR) is 130 cm³/mol. The van der Waals surface area contributed by atoms with Crippen molar-refractivity contribution in [2.75, 3.05) is 6.61 Å². The minimum Gasteiger partial charge on any atom is -0.491 e. The van der Waals surface area contributed by atoms with Crippen LogP contribution in [0.2, 0.25) is 0 Å². The Morgan fingerprint density at radius 1 is 1.00 bits per heavy atom. The monoisotopic (exact) mass is 438 g/mol. The second-order valence-electron chi connectivity index (χ2n) is 9.94. The molecule has 5 nitrogen and oxygen atoms in total. The average molecular weight is 439 g/mol. The first kappa shape index (κ1) is 24.3. The van der Waals surface area contributed by atoms with Crippen LogP contribution in [0.4, 0.5) is 0 Å². The first-order chi connectivity index (χ1) is 15.1. The van der Waals surface area contributed by atoms with Gasteiger partial charge in [-0.2, -0.15) is 0 Å². The summed E-state index contributed by atoms with van der Waals surface area (Å²) >= 11 is 0. The normalized spacial score (nSPS) is 13.5. The highest BCUT2D eigenvalue weighted by atomic mass is 16.5. The van der Waals surface area contributed by atoms with Crippen LogP contribution in [0.1, 0.15) is 71.3 Å². The van der Waals surface area contributed by atoms with Crippen LogP contribution in [0.15, 0.2) is 42.5 Å². The van der Waals surface area contributed by atoms with Gasteiger partial charge in [-0.05, 0) is 47.4 Å². The van der Waals surface area contributed by atoms with Crippen molar-refractivity contribution in [3.8, 4) is 5.75 Å². The van der Waals surface area contributed by atoms with E-state index in [0.717, 1.165) is 29.6 Å². The molecule has 0 saturated heterocycles. The van der Waals surface area contributed by atoms with Crippen molar-refractivity contribution in [1.29, 1.82) is 0 Å². The van der Waals surface area contributed by atoms with Crippen molar-refractivity contribution in [2.45, 2.75) is 84.5 Å². The molecule has 0 aliphatic rings. The van der Waals surface area contributed by atoms with Crippen molar-refractivity contribution >= 4 is 11.0 Å². The zero-order valence-corrected chi connectivity index (χ0v) is 20.4. The summed E-state index contributed by atoms with van der Waals surface area (Å²) in [5.74, 6) is 1.37. The highest BCUT2D eigenvalue weighted by molar-refractivity contribution is 5.75. The number of aliphatic hydroxyl groups is 2. The fourth-order valence-electron chi connectivity index (χ4n) is 3.90. The van der Waals surface area contributed by atoms with Gasteiger partial charge in [-0.3, -0.25) is 0 Å². The summed E-state index contributed by atoms with van der Waals surface area (Å²) in [4.78, 5) is 4.46. The quantitative estimate of drug-likeness (QED) is 0.448. The molecule has 2 N–H and O–H groups in total. The lowest BCUT2D eigenvalue weighted by Crippen LogP contribution is -2.26. The van der Waals surface area contributed by atoms with Crippen LogP contribution in [0, 0.1) is 0 Å². The number of benzene rings is 2. The van der Waals surface area contributed by atoms with Crippen LogP contribution >= 0.6 is 0 Å². The molecule has 3 rings (SSSR count). The van der Waals surface area contributed by atoms with Crippen molar-refractivity contribution in [2.24, 2.45) is 0 Å². The predicted octanol–water partition coefficient (Wildman–Crippen LogP) is 5.34. The average Bonchev–Trinajstić information content (AvgIpc) is 3.15. The van der Waals surface area contributed by atoms with Gasteiger partial charge in [0, 0.05) is 5.56 Å². The van der Waals surface area contributed by atoms with E-state index in [1.807, 2.05) is 28.8 Å². The second-order valence-corrected chi connectivity index (χ2v) is 9.94. The van der Waals surface area contributed by atoms with Crippen molar-refractivity contribution < 1.29 is 14.9 Å². The number of aliphatic hydroxyl groups excluding tert-OH is 2. The van der Waals surface area contributed by atoms with Gasteiger partial charge in [-0.15, -0.1) is 0 Å². The Bertz CT molecular complexity index is 1050. The van der Waals surface area contributed by atoms with Gasteiger partial charge in [0.15, 0.2) is 0 Å². The van der Waals surface area contributed by atoms with Gasteiger partial charge in [0.25, 0.3) is 0 Å². The van der Waals surface area contributed by atoms with Crippen LogP contribution in [0.3, 0.4) is 0 Å². The SMILES string of the molecule is CCC(C)(C)c1ccc(OC[C@@H](O)Cn2c(CO)nc3ccccc32)c(C(C)(C)CC)c1. The largest absolute Gasteiger partial charge is 0.491 e. The molecular weight excluding hydrogens is 400 g/mol. The van der Waals surface area contributed by atoms with Gasteiger partial charge in [0.2, 0.25) is 0 Å². The Labute approximate surface area is 192 Å². The zero-order chi connectivity index (χ0) is 23.5. The van der Waals surface area contributed by atoms with Crippen molar-refractivity contribution in [3.05, 3.63) is 59.4 Å². The lowest BCUT2D eigenvalue weighted by Gasteiger charge is -2.30. The first-order valence-electron chi connectivity index (χ1n) is 11.6. The maximum atomic E-state index is 10.8. The molecule has 0 fully saturated rings. The third-order valence-electron chi connectivity index (χ3n) is 6.96. The van der Waals surface area contributed by atoms with Gasteiger partial charge in [-0.1, -0.05) is 65.8 Å². The Balaban J connectivity index is 1.82. The summed E-state index contributed by atoms with van der Waals surface area (Å²) in [6.07, 6.45) is 1.31. The van der Waals surface area contributed by atoms with E-state index < -0.39 is 6.10 Å². The molecule has 32 heavy (non-hydrogen) atoms. The molecule has 0 bridgehead atoms. The number of nitrogens with zero attached hydrogens (tertiary/aromatic N) is 2. The second kappa shape index (κ2) is 9.63. The maximum absolute atomic E-state index is 10.8. The standard InChI is InChI=1S/C27H38N2O3/c1-7-26(3,4)19-13-14-24(21(15-19)27(5,6)8-2)32-18-20(31)16-29-23-12-10-9-11-22(23)28-25(29)17-30/h9-15,20,30-31H,7-8,16-18H2,1-6H3/t20-/m0/s1. The highest BCUT2D eigenvalue weighted by Crippen LogP contribution is 2.38.